The van der Waals surface area contributed by atoms with Crippen molar-refractivity contribution in [3.05, 3.63) is 105 Å². The number of fused-ring (bicyclic) bond motifs is 1. The van der Waals surface area contributed by atoms with Crippen LogP contribution in [-0.2, 0) is 17.6 Å². The molecule has 1 aliphatic heterocycles. The first-order valence-electron chi connectivity index (χ1n) is 14.2. The second kappa shape index (κ2) is 10.7. The van der Waals surface area contributed by atoms with Gasteiger partial charge in [-0.3, -0.25) is 14.6 Å². The Balaban J connectivity index is 1.35. The molecular formula is C34H43N3O. The van der Waals surface area contributed by atoms with Crippen molar-refractivity contribution in [1.29, 1.82) is 0 Å². The highest BCUT2D eigenvalue weighted by atomic mass is 16.2. The van der Waals surface area contributed by atoms with Gasteiger partial charge in [0.1, 0.15) is 5.54 Å². The summed E-state index contributed by atoms with van der Waals surface area (Å²) in [6.45, 7) is 16.8. The summed E-state index contributed by atoms with van der Waals surface area (Å²) in [6, 6.07) is 22.4. The van der Waals surface area contributed by atoms with E-state index in [1.807, 2.05) is 0 Å². The molecule has 4 nitrogen and oxygen atoms in total. The Labute approximate surface area is 229 Å². The molecule has 38 heavy (non-hydrogen) atoms. The number of hydrogen-bond donors (Lipinski definition) is 1. The van der Waals surface area contributed by atoms with Crippen LogP contribution in [0.5, 0.6) is 0 Å². The molecule has 1 saturated heterocycles. The van der Waals surface area contributed by atoms with E-state index in [1.165, 1.54) is 44.5 Å². The maximum Gasteiger partial charge on any atom is 0.241 e. The van der Waals surface area contributed by atoms with Crippen molar-refractivity contribution < 1.29 is 4.79 Å². The topological polar surface area (TPSA) is 35.6 Å². The number of hydrogen-bond acceptors (Lipinski definition) is 3. The van der Waals surface area contributed by atoms with Gasteiger partial charge in [0.15, 0.2) is 0 Å². The minimum absolute atomic E-state index is 0.0347. The fourth-order valence-corrected chi connectivity index (χ4v) is 6.80. The Morgan fingerprint density at radius 3 is 1.71 bits per heavy atom. The van der Waals surface area contributed by atoms with Gasteiger partial charge in [-0.15, -0.1) is 0 Å². The number of carbonyl (C=O) groups is 1. The first-order chi connectivity index (χ1) is 18.1. The monoisotopic (exact) mass is 509 g/mol. The van der Waals surface area contributed by atoms with Crippen LogP contribution < -0.4 is 5.32 Å². The van der Waals surface area contributed by atoms with Crippen LogP contribution in [0, 0.1) is 27.7 Å². The molecule has 2 aliphatic rings. The van der Waals surface area contributed by atoms with E-state index < -0.39 is 5.54 Å². The van der Waals surface area contributed by atoms with Gasteiger partial charge in [-0.2, -0.15) is 0 Å². The van der Waals surface area contributed by atoms with Crippen molar-refractivity contribution in [2.45, 2.75) is 72.0 Å². The van der Waals surface area contributed by atoms with Crippen molar-refractivity contribution in [3.8, 4) is 0 Å². The zero-order valence-corrected chi connectivity index (χ0v) is 24.0. The lowest BCUT2D eigenvalue weighted by molar-refractivity contribution is -0.135. The number of aryl methyl sites for hydroxylation is 4. The van der Waals surface area contributed by atoms with Gasteiger partial charge < -0.3 is 5.32 Å². The van der Waals surface area contributed by atoms with Gasteiger partial charge in [-0.05, 0) is 63.8 Å². The van der Waals surface area contributed by atoms with Crippen LogP contribution >= 0.6 is 0 Å². The molecule has 0 spiro atoms. The number of benzene rings is 3. The molecule has 0 saturated carbocycles. The summed E-state index contributed by atoms with van der Waals surface area (Å²) < 4.78 is 0. The minimum atomic E-state index is -0.536. The average molecular weight is 510 g/mol. The summed E-state index contributed by atoms with van der Waals surface area (Å²) in [7, 11) is 0. The molecule has 0 bridgehead atoms. The largest absolute Gasteiger partial charge is 0.348 e. The second-order valence-corrected chi connectivity index (χ2v) is 11.9. The maximum absolute atomic E-state index is 14.2. The molecule has 1 amide bonds. The molecule has 0 radical (unpaired) electrons. The van der Waals surface area contributed by atoms with E-state index in [1.54, 1.807) is 0 Å². The Morgan fingerprint density at radius 2 is 1.21 bits per heavy atom. The molecule has 5 rings (SSSR count). The molecule has 0 unspecified atom stereocenters. The third-order valence-electron chi connectivity index (χ3n) is 8.79. The van der Waals surface area contributed by atoms with Crippen molar-refractivity contribution in [1.82, 2.24) is 15.1 Å². The fraction of sp³-hybridized carbons (Fsp3) is 0.441. The van der Waals surface area contributed by atoms with Gasteiger partial charge in [0.2, 0.25) is 5.91 Å². The molecule has 3 aromatic rings. The number of nitrogens with one attached hydrogen (secondary N) is 1. The Hall–Kier alpha value is -2.95. The quantitative estimate of drug-likeness (QED) is 0.442. The van der Waals surface area contributed by atoms with Crippen molar-refractivity contribution in [3.63, 3.8) is 0 Å². The summed E-state index contributed by atoms with van der Waals surface area (Å²) in [6.07, 6.45) is 1.56. The normalized spacial score (nSPS) is 19.1. The predicted octanol–water partition coefficient (Wildman–Crippen LogP) is 6.01. The lowest BCUT2D eigenvalue weighted by Gasteiger charge is -2.46. The van der Waals surface area contributed by atoms with Crippen molar-refractivity contribution >= 4 is 5.91 Å². The molecular weight excluding hydrogens is 466 g/mol. The summed E-state index contributed by atoms with van der Waals surface area (Å²) in [5.74, 6) is 0.163. The van der Waals surface area contributed by atoms with Gasteiger partial charge in [0, 0.05) is 45.1 Å². The highest BCUT2D eigenvalue weighted by molar-refractivity contribution is 5.88. The third kappa shape index (κ3) is 5.30. The second-order valence-electron chi connectivity index (χ2n) is 11.9. The number of amides is 1. The van der Waals surface area contributed by atoms with Crippen LogP contribution in [0.15, 0.2) is 60.7 Å². The molecule has 1 aliphatic carbocycles. The molecule has 1 fully saturated rings. The Bertz CT molecular complexity index is 1260. The van der Waals surface area contributed by atoms with Gasteiger partial charge in [-0.1, -0.05) is 82.9 Å². The first kappa shape index (κ1) is 26.6. The first-order valence-corrected chi connectivity index (χ1v) is 14.2. The van der Waals surface area contributed by atoms with Crippen LogP contribution in [0.1, 0.15) is 70.4 Å². The Kier molecular flexibility index (Phi) is 7.48. The smallest absolute Gasteiger partial charge is 0.241 e. The van der Waals surface area contributed by atoms with E-state index in [4.69, 9.17) is 0 Å². The zero-order chi connectivity index (χ0) is 27.0. The fourth-order valence-electron chi connectivity index (χ4n) is 6.80. The van der Waals surface area contributed by atoms with Crippen LogP contribution in [0.3, 0.4) is 0 Å². The van der Waals surface area contributed by atoms with Crippen LogP contribution in [-0.4, -0.2) is 47.4 Å². The summed E-state index contributed by atoms with van der Waals surface area (Å²) in [5.41, 5.74) is 9.77. The van der Waals surface area contributed by atoms with Crippen molar-refractivity contribution in [2.75, 3.05) is 26.2 Å². The standard InChI is InChI=1S/C34H43N3O/c1-23-15-24(2)18-31(17-23)27(5)35-33(38)34(21-29-9-7-8-10-30(29)22-34)37-13-11-36(12-14-37)28(6)32-19-25(3)16-26(4)20-32/h7-10,15-20,27-28H,11-14,21-22H2,1-6H3,(H,35,38)/t27-,28-/m1/s1. The maximum atomic E-state index is 14.2. The molecule has 0 aromatic heterocycles. The highest BCUT2D eigenvalue weighted by Crippen LogP contribution is 2.37. The summed E-state index contributed by atoms with van der Waals surface area (Å²) >= 11 is 0. The van der Waals surface area contributed by atoms with Gasteiger partial charge in [0.05, 0.1) is 6.04 Å². The molecule has 4 heteroatoms. The summed E-state index contributed by atoms with van der Waals surface area (Å²) in [5, 5.41) is 3.44. The van der Waals surface area contributed by atoms with E-state index in [9.17, 15) is 4.79 Å². The predicted molar refractivity (Wildman–Crippen MR) is 157 cm³/mol. The summed E-state index contributed by atoms with van der Waals surface area (Å²) in [4.78, 5) is 19.3. The molecule has 3 aromatic carbocycles. The number of nitrogens with zero attached hydrogens (tertiary/aromatic N) is 2. The molecule has 1 N–H and O–H groups in total. The highest BCUT2D eigenvalue weighted by Gasteiger charge is 2.49. The van der Waals surface area contributed by atoms with Crippen LogP contribution in [0.2, 0.25) is 0 Å². The minimum Gasteiger partial charge on any atom is -0.348 e. The van der Waals surface area contributed by atoms with Gasteiger partial charge >= 0.3 is 0 Å². The number of rotatable bonds is 6. The molecule has 1 heterocycles. The molecule has 2 atom stereocenters. The van der Waals surface area contributed by atoms with Crippen LogP contribution in [0.4, 0.5) is 0 Å². The van der Waals surface area contributed by atoms with Crippen LogP contribution in [0.25, 0.3) is 0 Å². The number of carbonyl (C=O) groups excluding carboxylic acids is 1. The van der Waals surface area contributed by atoms with E-state index in [-0.39, 0.29) is 11.9 Å². The zero-order valence-electron chi connectivity index (χ0n) is 24.0. The molecule has 200 valence electrons. The number of piperazine rings is 1. The van der Waals surface area contributed by atoms with E-state index in [2.05, 4.69) is 117 Å². The van der Waals surface area contributed by atoms with Gasteiger partial charge in [0.25, 0.3) is 0 Å². The average Bonchev–Trinajstić information content (AvgIpc) is 3.28. The van der Waals surface area contributed by atoms with E-state index in [0.717, 1.165) is 39.0 Å². The van der Waals surface area contributed by atoms with E-state index in [0.29, 0.717) is 6.04 Å². The Morgan fingerprint density at radius 1 is 0.737 bits per heavy atom. The SMILES string of the molecule is Cc1cc(C)cc([C@@H](C)N2CCN(C3(C(=O)N[C@H](C)c4cc(C)cc(C)c4)Cc4ccccc4C3)CC2)c1. The van der Waals surface area contributed by atoms with Gasteiger partial charge in [-0.25, -0.2) is 0 Å². The van der Waals surface area contributed by atoms with E-state index >= 15 is 0 Å². The third-order valence-corrected chi connectivity index (χ3v) is 8.79. The lowest BCUT2D eigenvalue weighted by Crippen LogP contribution is -2.64. The van der Waals surface area contributed by atoms with Crippen molar-refractivity contribution in [2.24, 2.45) is 0 Å². The lowest BCUT2D eigenvalue weighted by atomic mass is 9.89.